The smallest absolute Gasteiger partial charge is 0.497 e. The first-order chi connectivity index (χ1) is 16.5. The van der Waals surface area contributed by atoms with Gasteiger partial charge in [0.25, 0.3) is 10.0 Å². The number of carbonyl (C=O) groups is 1. The molecule has 2 aromatic carbocycles. The number of amides is 1. The third-order valence-electron chi connectivity index (χ3n) is 4.67. The summed E-state index contributed by atoms with van der Waals surface area (Å²) < 4.78 is 77.8. The highest BCUT2D eigenvalue weighted by molar-refractivity contribution is 7.90. The molecule has 13 heteroatoms. The quantitative estimate of drug-likeness (QED) is 0.424. The summed E-state index contributed by atoms with van der Waals surface area (Å²) in [7, 11) is -2.59. The molecule has 8 nitrogen and oxygen atoms in total. The van der Waals surface area contributed by atoms with E-state index < -0.39 is 16.4 Å². The number of hydrogen-bond donors (Lipinski definition) is 1. The molecule has 0 aliphatic carbocycles. The minimum absolute atomic E-state index is 0.0216. The number of carbonyl (C=O) groups excluding carboxylic acids is 1. The van der Waals surface area contributed by atoms with Gasteiger partial charge in [-0.3, -0.25) is 4.79 Å². The van der Waals surface area contributed by atoms with E-state index in [4.69, 9.17) is 4.74 Å². The molecule has 0 aliphatic rings. The van der Waals surface area contributed by atoms with E-state index in [0.29, 0.717) is 36.5 Å². The Morgan fingerprint density at radius 2 is 1.71 bits per heavy atom. The van der Waals surface area contributed by atoms with Crippen molar-refractivity contribution in [2.45, 2.75) is 31.1 Å². The highest BCUT2D eigenvalue weighted by atomic mass is 32.2. The van der Waals surface area contributed by atoms with Crippen LogP contribution in [-0.2, 0) is 21.4 Å². The van der Waals surface area contributed by atoms with Crippen molar-refractivity contribution in [2.75, 3.05) is 13.7 Å². The van der Waals surface area contributed by atoms with Gasteiger partial charge in [0.15, 0.2) is 0 Å². The first kappa shape index (κ1) is 26.3. The first-order valence-electron chi connectivity index (χ1n) is 10.2. The zero-order chi connectivity index (χ0) is 25.6. The van der Waals surface area contributed by atoms with Crippen LogP contribution in [0.3, 0.4) is 0 Å². The van der Waals surface area contributed by atoms with Gasteiger partial charge in [0.2, 0.25) is 10.7 Å². The maximum Gasteiger partial charge on any atom is 0.573 e. The average molecular weight is 530 g/mol. The van der Waals surface area contributed by atoms with Crippen LogP contribution in [0.25, 0.3) is 11.3 Å². The molecular weight excluding hydrogens is 507 g/mol. The molecule has 35 heavy (non-hydrogen) atoms. The summed E-state index contributed by atoms with van der Waals surface area (Å²) in [4.78, 5) is 11.3. The van der Waals surface area contributed by atoms with Crippen molar-refractivity contribution in [3.8, 4) is 22.8 Å². The monoisotopic (exact) mass is 529 g/mol. The fourth-order valence-corrected chi connectivity index (χ4v) is 5.24. The summed E-state index contributed by atoms with van der Waals surface area (Å²) in [6.45, 7) is 2.04. The van der Waals surface area contributed by atoms with Crippen LogP contribution in [0.1, 0.15) is 13.3 Å². The number of alkyl halides is 3. The summed E-state index contributed by atoms with van der Waals surface area (Å²) in [5, 5.41) is 4.34. The number of benzene rings is 2. The second-order valence-corrected chi connectivity index (χ2v) is 9.65. The highest BCUT2D eigenvalue weighted by Gasteiger charge is 2.31. The van der Waals surface area contributed by atoms with E-state index in [-0.39, 0.29) is 21.4 Å². The Labute approximate surface area is 203 Å². The second-order valence-electron chi connectivity index (χ2n) is 7.21. The minimum Gasteiger partial charge on any atom is -0.497 e. The molecule has 3 rings (SSSR count). The molecule has 0 fully saturated rings. The number of nitrogens with one attached hydrogen (secondary N) is 1. The summed E-state index contributed by atoms with van der Waals surface area (Å²) in [5.41, 5.74) is 1.10. The van der Waals surface area contributed by atoms with Crippen molar-refractivity contribution in [2.24, 2.45) is 4.40 Å². The summed E-state index contributed by atoms with van der Waals surface area (Å²) in [5.74, 6) is -0.0817. The molecule has 0 radical (unpaired) electrons. The number of nitrogens with zero attached hydrogens (tertiary/aromatic N) is 2. The molecule has 188 valence electrons. The van der Waals surface area contributed by atoms with Gasteiger partial charge in [-0.15, -0.1) is 28.9 Å². The predicted octanol–water partition coefficient (Wildman–Crippen LogP) is 3.94. The largest absolute Gasteiger partial charge is 0.573 e. The highest BCUT2D eigenvalue weighted by Crippen LogP contribution is 2.27. The van der Waals surface area contributed by atoms with Gasteiger partial charge in [-0.2, -0.15) is 8.42 Å². The van der Waals surface area contributed by atoms with E-state index in [1.54, 1.807) is 9.95 Å². The van der Waals surface area contributed by atoms with E-state index >= 15 is 0 Å². The number of ether oxygens (including phenoxy) is 2. The summed E-state index contributed by atoms with van der Waals surface area (Å²) in [6.07, 6.45) is -4.34. The lowest BCUT2D eigenvalue weighted by Gasteiger charge is -2.11. The van der Waals surface area contributed by atoms with Crippen LogP contribution < -0.4 is 19.6 Å². The van der Waals surface area contributed by atoms with Crippen LogP contribution in [0.4, 0.5) is 13.2 Å². The Hall–Kier alpha value is -3.32. The van der Waals surface area contributed by atoms with Crippen molar-refractivity contribution in [1.82, 2.24) is 9.88 Å². The van der Waals surface area contributed by atoms with Crippen molar-refractivity contribution in [1.29, 1.82) is 0 Å². The molecule has 0 unspecified atom stereocenters. The molecule has 0 atom stereocenters. The SMILES string of the molecule is COc1ccc(S(=O)(=O)N=c2scc(-c3ccc(OC(F)(F)F)cc3)n2CCCNC(C)=O)cc1. The molecular formula is C22H22F3N3O5S2. The molecule has 3 aromatic rings. The Morgan fingerprint density at radius 3 is 2.29 bits per heavy atom. The molecule has 1 N–H and O–H groups in total. The van der Waals surface area contributed by atoms with Gasteiger partial charge in [0, 0.05) is 25.4 Å². The normalized spacial score (nSPS) is 12.4. The van der Waals surface area contributed by atoms with Crippen molar-refractivity contribution < 1.29 is 35.9 Å². The van der Waals surface area contributed by atoms with Crippen LogP contribution in [-0.4, -0.2) is 38.9 Å². The van der Waals surface area contributed by atoms with Crippen molar-refractivity contribution in [3.05, 3.63) is 58.7 Å². The molecule has 0 saturated carbocycles. The van der Waals surface area contributed by atoms with Crippen LogP contribution in [0, 0.1) is 0 Å². The fourth-order valence-electron chi connectivity index (χ4n) is 3.08. The van der Waals surface area contributed by atoms with Crippen LogP contribution in [0.2, 0.25) is 0 Å². The third kappa shape index (κ3) is 7.33. The van der Waals surface area contributed by atoms with E-state index in [2.05, 4.69) is 14.5 Å². The molecule has 1 amide bonds. The predicted molar refractivity (Wildman–Crippen MR) is 123 cm³/mol. The number of thiazole rings is 1. The van der Waals surface area contributed by atoms with Crippen LogP contribution >= 0.6 is 11.3 Å². The maximum absolute atomic E-state index is 12.9. The first-order valence-corrected chi connectivity index (χ1v) is 12.5. The number of methoxy groups -OCH3 is 1. The van der Waals surface area contributed by atoms with Gasteiger partial charge < -0.3 is 19.4 Å². The Kier molecular flexibility index (Phi) is 8.22. The summed E-state index contributed by atoms with van der Waals surface area (Å²) >= 11 is 1.07. The summed E-state index contributed by atoms with van der Waals surface area (Å²) in [6, 6.07) is 11.0. The molecule has 0 aliphatic heterocycles. The lowest BCUT2D eigenvalue weighted by Crippen LogP contribution is -2.24. The van der Waals surface area contributed by atoms with Gasteiger partial charge >= 0.3 is 6.36 Å². The standard InChI is InChI=1S/C22H22F3N3O5S2/c1-15(29)26-12-3-13-28-20(16-4-6-18(7-5-16)33-22(23,24)25)14-34-21(28)27-35(30,31)19-10-8-17(32-2)9-11-19/h4-11,14H,3,12-13H2,1-2H3,(H,26,29). The van der Waals surface area contributed by atoms with Crippen LogP contribution in [0.5, 0.6) is 11.5 Å². The van der Waals surface area contributed by atoms with Gasteiger partial charge in [0.1, 0.15) is 11.5 Å². The topological polar surface area (TPSA) is 99.0 Å². The molecule has 0 saturated heterocycles. The van der Waals surface area contributed by atoms with Crippen LogP contribution in [0.15, 0.2) is 63.2 Å². The molecule has 0 bridgehead atoms. The minimum atomic E-state index is -4.81. The van der Waals surface area contributed by atoms with Gasteiger partial charge in [-0.25, -0.2) is 0 Å². The molecule has 0 spiro atoms. The maximum atomic E-state index is 12.9. The zero-order valence-corrected chi connectivity index (χ0v) is 20.3. The lowest BCUT2D eigenvalue weighted by atomic mass is 10.1. The van der Waals surface area contributed by atoms with Gasteiger partial charge in [0.05, 0.1) is 17.7 Å². The van der Waals surface area contributed by atoms with Gasteiger partial charge in [-0.1, -0.05) is 0 Å². The third-order valence-corrected chi connectivity index (χ3v) is 6.93. The number of hydrogen-bond acceptors (Lipinski definition) is 6. The van der Waals surface area contributed by atoms with Crippen molar-refractivity contribution >= 4 is 27.3 Å². The molecule has 1 heterocycles. The Morgan fingerprint density at radius 1 is 1.09 bits per heavy atom. The van der Waals surface area contributed by atoms with E-state index in [9.17, 15) is 26.4 Å². The number of rotatable bonds is 9. The van der Waals surface area contributed by atoms with E-state index in [1.807, 2.05) is 0 Å². The average Bonchev–Trinajstić information content (AvgIpc) is 3.17. The van der Waals surface area contributed by atoms with E-state index in [0.717, 1.165) is 11.3 Å². The van der Waals surface area contributed by atoms with Gasteiger partial charge in [-0.05, 0) is 60.5 Å². The zero-order valence-electron chi connectivity index (χ0n) is 18.7. The lowest BCUT2D eigenvalue weighted by molar-refractivity contribution is -0.274. The Balaban J connectivity index is 1.99. The van der Waals surface area contributed by atoms with E-state index in [1.165, 1.54) is 62.6 Å². The second kappa shape index (κ2) is 11.0. The fraction of sp³-hybridized carbons (Fsp3) is 0.273. The molecule has 1 aromatic heterocycles. The number of halogens is 3. The Bertz CT molecular complexity index is 1330. The number of sulfonamides is 1. The van der Waals surface area contributed by atoms with Crippen molar-refractivity contribution in [3.63, 3.8) is 0 Å². The number of aromatic nitrogens is 1.